The maximum Gasteiger partial charge on any atom is 0.156 e. The van der Waals surface area contributed by atoms with Gasteiger partial charge in [0, 0.05) is 12.0 Å². The van der Waals surface area contributed by atoms with E-state index >= 15 is 0 Å². The van der Waals surface area contributed by atoms with Crippen molar-refractivity contribution >= 4 is 0 Å². The van der Waals surface area contributed by atoms with Gasteiger partial charge < -0.3 is 5.11 Å². The second-order valence-electron chi connectivity index (χ2n) is 7.72. The zero-order chi connectivity index (χ0) is 16.7. The Morgan fingerprint density at radius 2 is 2.04 bits per heavy atom. The average molecular weight is 314 g/mol. The highest BCUT2D eigenvalue weighted by Crippen LogP contribution is 2.37. The van der Waals surface area contributed by atoms with Crippen molar-refractivity contribution in [3.05, 3.63) is 47.0 Å². The number of aromatic nitrogens is 3. The van der Waals surface area contributed by atoms with Crippen LogP contribution in [0.5, 0.6) is 0 Å². The van der Waals surface area contributed by atoms with Gasteiger partial charge in [-0.05, 0) is 31.0 Å². The van der Waals surface area contributed by atoms with Crippen molar-refractivity contribution in [1.29, 1.82) is 0 Å². The zero-order valence-corrected chi connectivity index (χ0v) is 14.4. The molecule has 0 aliphatic heterocycles. The van der Waals surface area contributed by atoms with Gasteiger partial charge in [-0.25, -0.2) is 4.98 Å². The normalized spacial score (nSPS) is 21.0. The lowest BCUT2D eigenvalue weighted by Crippen LogP contribution is -2.37. The molecule has 0 saturated carbocycles. The Kier molecular flexibility index (Phi) is 4.02. The quantitative estimate of drug-likeness (QED) is 0.909. The standard InChI is InChI=1S/C18H26N4O/c1-17(2,3)16-19-15(20-21-16)11-22(4)12-18(23)10-9-13-7-5-6-8-14(13)18/h5-8,23H,9-12H2,1-4H3,(H,19,20,21)/t18-/m1/s1. The fraction of sp³-hybridized carbons (Fsp3) is 0.556. The number of hydrogen-bond donors (Lipinski definition) is 2. The number of benzene rings is 1. The summed E-state index contributed by atoms with van der Waals surface area (Å²) >= 11 is 0. The van der Waals surface area contributed by atoms with E-state index in [-0.39, 0.29) is 5.41 Å². The minimum atomic E-state index is -0.766. The third kappa shape index (κ3) is 3.31. The number of fused-ring (bicyclic) bond motifs is 1. The van der Waals surface area contributed by atoms with Crippen molar-refractivity contribution in [2.24, 2.45) is 0 Å². The monoisotopic (exact) mass is 314 g/mol. The Balaban J connectivity index is 1.68. The molecule has 2 N–H and O–H groups in total. The largest absolute Gasteiger partial charge is 0.384 e. The summed E-state index contributed by atoms with van der Waals surface area (Å²) in [6.07, 6.45) is 1.72. The van der Waals surface area contributed by atoms with Crippen LogP contribution in [-0.2, 0) is 24.0 Å². The molecule has 0 radical (unpaired) electrons. The first-order valence-corrected chi connectivity index (χ1v) is 8.19. The smallest absolute Gasteiger partial charge is 0.156 e. The fourth-order valence-electron chi connectivity index (χ4n) is 3.29. The lowest BCUT2D eigenvalue weighted by molar-refractivity contribution is 0.00496. The molecule has 0 bridgehead atoms. The predicted molar refractivity (Wildman–Crippen MR) is 90.1 cm³/mol. The predicted octanol–water partition coefficient (Wildman–Crippen LogP) is 2.37. The summed E-state index contributed by atoms with van der Waals surface area (Å²) in [7, 11) is 2.01. The number of aryl methyl sites for hydroxylation is 1. The molecule has 1 aliphatic rings. The Hall–Kier alpha value is -1.72. The lowest BCUT2D eigenvalue weighted by Gasteiger charge is -2.29. The van der Waals surface area contributed by atoms with Gasteiger partial charge in [-0.1, -0.05) is 45.0 Å². The molecule has 2 aromatic rings. The molecule has 0 spiro atoms. The number of likely N-dealkylation sites (N-methyl/N-ethyl adjacent to an activating group) is 1. The number of aliphatic hydroxyl groups is 1. The van der Waals surface area contributed by atoms with Crippen molar-refractivity contribution in [3.63, 3.8) is 0 Å². The Morgan fingerprint density at radius 3 is 2.74 bits per heavy atom. The SMILES string of the molecule is CN(Cc1nc(C(C)(C)C)n[nH]1)C[C@]1(O)CCc2ccccc21. The van der Waals surface area contributed by atoms with Gasteiger partial charge in [0.15, 0.2) is 5.82 Å². The van der Waals surface area contributed by atoms with Gasteiger partial charge in [0.1, 0.15) is 11.4 Å². The third-order valence-electron chi connectivity index (χ3n) is 4.48. The van der Waals surface area contributed by atoms with E-state index in [9.17, 15) is 5.11 Å². The summed E-state index contributed by atoms with van der Waals surface area (Å²) in [4.78, 5) is 6.68. The van der Waals surface area contributed by atoms with Gasteiger partial charge in [0.25, 0.3) is 0 Å². The first-order valence-electron chi connectivity index (χ1n) is 8.19. The van der Waals surface area contributed by atoms with E-state index in [2.05, 4.69) is 46.9 Å². The summed E-state index contributed by atoms with van der Waals surface area (Å²) in [5.41, 5.74) is 1.51. The van der Waals surface area contributed by atoms with Crippen LogP contribution in [0, 0.1) is 0 Å². The van der Waals surface area contributed by atoms with Crippen LogP contribution >= 0.6 is 0 Å². The highest BCUT2D eigenvalue weighted by atomic mass is 16.3. The van der Waals surface area contributed by atoms with Gasteiger partial charge >= 0.3 is 0 Å². The van der Waals surface area contributed by atoms with E-state index < -0.39 is 5.60 Å². The first kappa shape index (κ1) is 16.1. The number of rotatable bonds is 4. The highest BCUT2D eigenvalue weighted by Gasteiger charge is 2.37. The highest BCUT2D eigenvalue weighted by molar-refractivity contribution is 5.37. The molecule has 124 valence electrons. The van der Waals surface area contributed by atoms with Crippen molar-refractivity contribution in [2.45, 2.75) is 51.2 Å². The molecule has 1 aromatic carbocycles. The number of hydrogen-bond acceptors (Lipinski definition) is 4. The van der Waals surface area contributed by atoms with Gasteiger partial charge in [-0.15, -0.1) is 0 Å². The molecule has 0 amide bonds. The van der Waals surface area contributed by atoms with E-state index in [1.165, 1.54) is 5.56 Å². The minimum Gasteiger partial charge on any atom is -0.384 e. The molecule has 1 atom stereocenters. The molecule has 5 heteroatoms. The Labute approximate surface area is 137 Å². The molecule has 0 unspecified atom stereocenters. The minimum absolute atomic E-state index is 0.0596. The van der Waals surface area contributed by atoms with Gasteiger partial charge in [0.2, 0.25) is 0 Å². The summed E-state index contributed by atoms with van der Waals surface area (Å²) in [6.45, 7) is 7.54. The van der Waals surface area contributed by atoms with E-state index in [1.54, 1.807) is 0 Å². The number of nitrogens with zero attached hydrogens (tertiary/aromatic N) is 3. The molecule has 3 rings (SSSR count). The van der Waals surface area contributed by atoms with E-state index in [4.69, 9.17) is 0 Å². The molecule has 1 heterocycles. The van der Waals surface area contributed by atoms with Crippen LogP contribution in [0.1, 0.15) is 50.0 Å². The maximum atomic E-state index is 11.0. The average Bonchev–Trinajstić information content (AvgIpc) is 3.05. The van der Waals surface area contributed by atoms with E-state index in [1.807, 2.05) is 25.2 Å². The second-order valence-corrected chi connectivity index (χ2v) is 7.72. The summed E-state index contributed by atoms with van der Waals surface area (Å²) in [5.74, 6) is 1.66. The van der Waals surface area contributed by atoms with Crippen LogP contribution in [0.3, 0.4) is 0 Å². The van der Waals surface area contributed by atoms with Crippen LogP contribution in [-0.4, -0.2) is 38.8 Å². The van der Waals surface area contributed by atoms with Crippen LogP contribution in [0.15, 0.2) is 24.3 Å². The maximum absolute atomic E-state index is 11.0. The molecule has 5 nitrogen and oxygen atoms in total. The molecule has 0 saturated heterocycles. The Morgan fingerprint density at radius 1 is 1.30 bits per heavy atom. The van der Waals surface area contributed by atoms with Crippen LogP contribution in [0.4, 0.5) is 0 Å². The molecule has 1 aromatic heterocycles. The summed E-state index contributed by atoms with van der Waals surface area (Å²) in [5, 5.41) is 18.4. The van der Waals surface area contributed by atoms with Crippen LogP contribution < -0.4 is 0 Å². The van der Waals surface area contributed by atoms with Gasteiger partial charge in [-0.3, -0.25) is 10.00 Å². The van der Waals surface area contributed by atoms with Crippen LogP contribution in [0.25, 0.3) is 0 Å². The van der Waals surface area contributed by atoms with Crippen molar-refractivity contribution in [1.82, 2.24) is 20.1 Å². The zero-order valence-electron chi connectivity index (χ0n) is 14.4. The molecule has 23 heavy (non-hydrogen) atoms. The fourth-order valence-corrected chi connectivity index (χ4v) is 3.29. The topological polar surface area (TPSA) is 65.0 Å². The number of nitrogens with one attached hydrogen (secondary N) is 1. The van der Waals surface area contributed by atoms with Gasteiger partial charge in [0.05, 0.1) is 6.54 Å². The van der Waals surface area contributed by atoms with Gasteiger partial charge in [-0.2, -0.15) is 5.10 Å². The van der Waals surface area contributed by atoms with Crippen molar-refractivity contribution in [3.8, 4) is 0 Å². The summed E-state index contributed by atoms with van der Waals surface area (Å²) in [6, 6.07) is 8.19. The second kappa shape index (κ2) is 5.73. The van der Waals surface area contributed by atoms with Crippen molar-refractivity contribution in [2.75, 3.05) is 13.6 Å². The third-order valence-corrected chi connectivity index (χ3v) is 4.48. The molecule has 1 aliphatic carbocycles. The molecular formula is C18H26N4O. The number of H-pyrrole nitrogens is 1. The van der Waals surface area contributed by atoms with Crippen molar-refractivity contribution < 1.29 is 5.11 Å². The van der Waals surface area contributed by atoms with E-state index in [0.717, 1.165) is 30.1 Å². The Bertz CT molecular complexity index is 688. The lowest BCUT2D eigenvalue weighted by atomic mass is 9.95. The number of aromatic amines is 1. The molecular weight excluding hydrogens is 288 g/mol. The van der Waals surface area contributed by atoms with Crippen LogP contribution in [0.2, 0.25) is 0 Å². The van der Waals surface area contributed by atoms with E-state index in [0.29, 0.717) is 13.1 Å². The first-order chi connectivity index (χ1) is 10.8. The molecule has 0 fully saturated rings. The summed E-state index contributed by atoms with van der Waals surface area (Å²) < 4.78 is 0.